The van der Waals surface area contributed by atoms with Crippen molar-refractivity contribution in [1.82, 2.24) is 19.9 Å². The van der Waals surface area contributed by atoms with Gasteiger partial charge in [0.25, 0.3) is 5.91 Å². The minimum absolute atomic E-state index is 0.155. The largest absolute Gasteiger partial charge is 0.481 e. The molecule has 0 spiro atoms. The fourth-order valence-corrected chi connectivity index (χ4v) is 2.70. The summed E-state index contributed by atoms with van der Waals surface area (Å²) >= 11 is 0. The zero-order valence-corrected chi connectivity index (χ0v) is 13.3. The van der Waals surface area contributed by atoms with Crippen molar-refractivity contribution in [3.8, 4) is 5.69 Å². The molecule has 1 amide bonds. The molecule has 2 heterocycles. The van der Waals surface area contributed by atoms with Gasteiger partial charge in [0.2, 0.25) is 0 Å². The van der Waals surface area contributed by atoms with Crippen LogP contribution < -0.4 is 0 Å². The lowest BCUT2D eigenvalue weighted by molar-refractivity contribution is -0.139. The molecule has 1 aliphatic heterocycles. The Morgan fingerprint density at radius 2 is 2.25 bits per heavy atom. The highest BCUT2D eigenvalue weighted by Crippen LogP contribution is 2.15. The van der Waals surface area contributed by atoms with E-state index in [1.165, 1.54) is 9.58 Å². The van der Waals surface area contributed by atoms with Gasteiger partial charge in [-0.2, -0.15) is 0 Å². The Kier molecular flexibility index (Phi) is 4.57. The fraction of sp³-hybridized carbons (Fsp3) is 0.375. The van der Waals surface area contributed by atoms with Crippen LogP contribution in [-0.4, -0.2) is 62.7 Å². The predicted octanol–water partition coefficient (Wildman–Crippen LogP) is 0.891. The third kappa shape index (κ3) is 3.43. The van der Waals surface area contributed by atoms with Crippen molar-refractivity contribution < 1.29 is 19.4 Å². The third-order valence-electron chi connectivity index (χ3n) is 3.88. The number of aromatic nitrogens is 3. The Balaban J connectivity index is 1.80. The van der Waals surface area contributed by atoms with E-state index in [0.717, 1.165) is 11.3 Å². The Labute approximate surface area is 138 Å². The molecule has 24 heavy (non-hydrogen) atoms. The summed E-state index contributed by atoms with van der Waals surface area (Å²) in [6, 6.07) is 7.19. The van der Waals surface area contributed by atoms with Crippen LogP contribution in [0.4, 0.5) is 0 Å². The van der Waals surface area contributed by atoms with E-state index < -0.39 is 12.0 Å². The average Bonchev–Trinajstić information content (AvgIpc) is 3.04. The van der Waals surface area contributed by atoms with Crippen LogP contribution in [0.15, 0.2) is 30.5 Å². The average molecular weight is 330 g/mol. The van der Waals surface area contributed by atoms with E-state index in [4.69, 9.17) is 9.84 Å². The van der Waals surface area contributed by atoms with Gasteiger partial charge in [-0.3, -0.25) is 9.59 Å². The SMILES string of the molecule is Cc1cccc(-n2cc(C(=O)N3CCOCC3CC(=O)O)nn2)c1. The molecule has 8 heteroatoms. The smallest absolute Gasteiger partial charge is 0.305 e. The number of carboxylic acids is 1. The number of amides is 1. The standard InChI is InChI=1S/C16H18N4O4/c1-11-3-2-4-12(7-11)20-9-14(17-18-20)16(23)19-5-6-24-10-13(19)8-15(21)22/h2-4,7,9,13H,5-6,8,10H2,1H3,(H,21,22). The van der Waals surface area contributed by atoms with Crippen LogP contribution in [0.3, 0.4) is 0 Å². The Morgan fingerprint density at radius 3 is 3.00 bits per heavy atom. The summed E-state index contributed by atoms with van der Waals surface area (Å²) in [5.74, 6) is -1.30. The van der Waals surface area contributed by atoms with Crippen molar-refractivity contribution in [1.29, 1.82) is 0 Å². The van der Waals surface area contributed by atoms with Gasteiger partial charge >= 0.3 is 5.97 Å². The zero-order valence-electron chi connectivity index (χ0n) is 13.3. The summed E-state index contributed by atoms with van der Waals surface area (Å²) in [6.07, 6.45) is 1.40. The highest BCUT2D eigenvalue weighted by atomic mass is 16.5. The molecule has 1 saturated heterocycles. The minimum atomic E-state index is -0.966. The molecule has 8 nitrogen and oxygen atoms in total. The van der Waals surface area contributed by atoms with Gasteiger partial charge in [0.15, 0.2) is 5.69 Å². The molecule has 3 rings (SSSR count). The summed E-state index contributed by atoms with van der Waals surface area (Å²) in [7, 11) is 0. The summed E-state index contributed by atoms with van der Waals surface area (Å²) in [6.45, 7) is 2.91. The van der Waals surface area contributed by atoms with Crippen LogP contribution in [0.1, 0.15) is 22.5 Å². The second kappa shape index (κ2) is 6.79. The number of carbonyl (C=O) groups excluding carboxylic acids is 1. The topological polar surface area (TPSA) is 97.5 Å². The molecule has 0 radical (unpaired) electrons. The first-order valence-corrected chi connectivity index (χ1v) is 7.64. The Hall–Kier alpha value is -2.74. The van der Waals surface area contributed by atoms with Crippen molar-refractivity contribution in [2.45, 2.75) is 19.4 Å². The number of aliphatic carboxylic acids is 1. The monoisotopic (exact) mass is 330 g/mol. The van der Waals surface area contributed by atoms with E-state index in [1.54, 1.807) is 6.20 Å². The summed E-state index contributed by atoms with van der Waals surface area (Å²) in [4.78, 5) is 25.1. The Morgan fingerprint density at radius 1 is 1.42 bits per heavy atom. The zero-order chi connectivity index (χ0) is 17.1. The second-order valence-electron chi connectivity index (χ2n) is 5.71. The molecular formula is C16H18N4O4. The van der Waals surface area contributed by atoms with E-state index in [1.807, 2.05) is 31.2 Å². The van der Waals surface area contributed by atoms with E-state index >= 15 is 0 Å². The molecule has 1 N–H and O–H groups in total. The number of hydrogen-bond donors (Lipinski definition) is 1. The van der Waals surface area contributed by atoms with Crippen LogP contribution in [-0.2, 0) is 9.53 Å². The maximum atomic E-state index is 12.7. The molecule has 0 aliphatic carbocycles. The molecular weight excluding hydrogens is 312 g/mol. The molecule has 1 atom stereocenters. The third-order valence-corrected chi connectivity index (χ3v) is 3.88. The van der Waals surface area contributed by atoms with Gasteiger partial charge < -0.3 is 14.7 Å². The Bertz CT molecular complexity index is 758. The molecule has 1 unspecified atom stereocenters. The first-order chi connectivity index (χ1) is 11.5. The van der Waals surface area contributed by atoms with Crippen LogP contribution in [0.5, 0.6) is 0 Å². The maximum Gasteiger partial charge on any atom is 0.305 e. The number of ether oxygens (including phenoxy) is 1. The quantitative estimate of drug-likeness (QED) is 0.894. The highest BCUT2D eigenvalue weighted by Gasteiger charge is 2.31. The number of carbonyl (C=O) groups is 2. The minimum Gasteiger partial charge on any atom is -0.481 e. The molecule has 126 valence electrons. The van der Waals surface area contributed by atoms with Gasteiger partial charge in [0.05, 0.1) is 37.6 Å². The second-order valence-corrected chi connectivity index (χ2v) is 5.71. The number of hydrogen-bond acceptors (Lipinski definition) is 5. The van der Waals surface area contributed by atoms with Gasteiger partial charge in [-0.05, 0) is 24.6 Å². The number of aryl methyl sites for hydroxylation is 1. The van der Waals surface area contributed by atoms with Crippen molar-refractivity contribution in [3.05, 3.63) is 41.7 Å². The van der Waals surface area contributed by atoms with Gasteiger partial charge in [0.1, 0.15) is 0 Å². The fourth-order valence-electron chi connectivity index (χ4n) is 2.70. The molecule has 1 aliphatic rings. The van der Waals surface area contributed by atoms with E-state index in [-0.39, 0.29) is 24.6 Å². The lowest BCUT2D eigenvalue weighted by Crippen LogP contribution is -2.49. The predicted molar refractivity (Wildman–Crippen MR) is 84.0 cm³/mol. The lowest BCUT2D eigenvalue weighted by atomic mass is 10.1. The van der Waals surface area contributed by atoms with Crippen molar-refractivity contribution in [3.63, 3.8) is 0 Å². The number of carboxylic acid groups (broad SMARTS) is 1. The van der Waals surface area contributed by atoms with Crippen LogP contribution in [0, 0.1) is 6.92 Å². The number of nitrogens with zero attached hydrogens (tertiary/aromatic N) is 4. The first kappa shape index (κ1) is 16.1. The van der Waals surface area contributed by atoms with Gasteiger partial charge in [-0.25, -0.2) is 4.68 Å². The van der Waals surface area contributed by atoms with Gasteiger partial charge in [-0.15, -0.1) is 5.10 Å². The lowest BCUT2D eigenvalue weighted by Gasteiger charge is -2.34. The molecule has 2 aromatic rings. The van der Waals surface area contributed by atoms with Crippen LogP contribution >= 0.6 is 0 Å². The summed E-state index contributed by atoms with van der Waals surface area (Å²) in [5.41, 5.74) is 2.07. The highest BCUT2D eigenvalue weighted by molar-refractivity contribution is 5.92. The van der Waals surface area contributed by atoms with Crippen molar-refractivity contribution in [2.24, 2.45) is 0 Å². The molecule has 0 saturated carbocycles. The van der Waals surface area contributed by atoms with Crippen LogP contribution in [0.2, 0.25) is 0 Å². The summed E-state index contributed by atoms with van der Waals surface area (Å²) in [5, 5.41) is 16.9. The number of rotatable bonds is 4. The van der Waals surface area contributed by atoms with E-state index in [0.29, 0.717) is 13.2 Å². The molecule has 1 fully saturated rings. The maximum absolute atomic E-state index is 12.7. The molecule has 0 bridgehead atoms. The number of benzene rings is 1. The summed E-state index contributed by atoms with van der Waals surface area (Å²) < 4.78 is 6.82. The van der Waals surface area contributed by atoms with Crippen molar-refractivity contribution in [2.75, 3.05) is 19.8 Å². The molecule has 1 aromatic carbocycles. The van der Waals surface area contributed by atoms with Gasteiger partial charge in [0, 0.05) is 6.54 Å². The van der Waals surface area contributed by atoms with E-state index in [2.05, 4.69) is 10.3 Å². The van der Waals surface area contributed by atoms with Crippen molar-refractivity contribution >= 4 is 11.9 Å². The van der Waals surface area contributed by atoms with Gasteiger partial charge in [-0.1, -0.05) is 17.3 Å². The van der Waals surface area contributed by atoms with Crippen LogP contribution in [0.25, 0.3) is 5.69 Å². The molecule has 1 aromatic heterocycles. The number of morpholine rings is 1. The van der Waals surface area contributed by atoms with E-state index in [9.17, 15) is 9.59 Å². The first-order valence-electron chi connectivity index (χ1n) is 7.64. The normalized spacial score (nSPS) is 17.7.